The van der Waals surface area contributed by atoms with Crippen molar-refractivity contribution in [2.75, 3.05) is 18.6 Å². The van der Waals surface area contributed by atoms with Gasteiger partial charge >= 0.3 is 0 Å². The molecule has 90 valence electrons. The molecular formula is C13H27NS. The van der Waals surface area contributed by atoms with Gasteiger partial charge in [0, 0.05) is 6.04 Å². The Bertz CT molecular complexity index is 179. The first kappa shape index (κ1) is 13.4. The maximum atomic E-state index is 3.74. The van der Waals surface area contributed by atoms with Crippen molar-refractivity contribution in [1.29, 1.82) is 0 Å². The van der Waals surface area contributed by atoms with Crippen LogP contribution in [-0.4, -0.2) is 24.6 Å². The molecule has 2 unspecified atom stereocenters. The molecule has 1 fully saturated rings. The molecule has 0 amide bonds. The molecule has 0 aliphatic heterocycles. The average molecular weight is 229 g/mol. The highest BCUT2D eigenvalue weighted by atomic mass is 32.2. The maximum Gasteiger partial charge on any atom is 0.00979 e. The van der Waals surface area contributed by atoms with E-state index in [0.29, 0.717) is 5.41 Å². The van der Waals surface area contributed by atoms with Gasteiger partial charge in [-0.2, -0.15) is 11.8 Å². The number of rotatable bonds is 6. The van der Waals surface area contributed by atoms with Crippen molar-refractivity contribution in [2.24, 2.45) is 11.3 Å². The summed E-state index contributed by atoms with van der Waals surface area (Å²) in [4.78, 5) is 0. The van der Waals surface area contributed by atoms with Crippen molar-refractivity contribution in [3.63, 3.8) is 0 Å². The zero-order valence-corrected chi connectivity index (χ0v) is 11.6. The zero-order chi connectivity index (χ0) is 11.3. The summed E-state index contributed by atoms with van der Waals surface area (Å²) in [5.41, 5.74) is 0.566. The highest BCUT2D eigenvalue weighted by molar-refractivity contribution is 7.98. The predicted molar refractivity (Wildman–Crippen MR) is 71.6 cm³/mol. The summed E-state index contributed by atoms with van der Waals surface area (Å²) < 4.78 is 0. The Hall–Kier alpha value is 0.310. The first-order chi connectivity index (χ1) is 7.05. The highest BCUT2D eigenvalue weighted by Crippen LogP contribution is 2.40. The molecule has 1 saturated carbocycles. The van der Waals surface area contributed by atoms with Crippen molar-refractivity contribution >= 4 is 11.8 Å². The molecule has 1 aliphatic carbocycles. The fourth-order valence-electron chi connectivity index (χ4n) is 2.83. The lowest BCUT2D eigenvalue weighted by Crippen LogP contribution is -2.32. The van der Waals surface area contributed by atoms with Crippen molar-refractivity contribution in [3.05, 3.63) is 0 Å². The summed E-state index contributed by atoms with van der Waals surface area (Å²) in [6.45, 7) is 8.41. The summed E-state index contributed by atoms with van der Waals surface area (Å²) in [6.07, 6.45) is 7.63. The highest BCUT2D eigenvalue weighted by Gasteiger charge is 2.35. The average Bonchev–Trinajstić information content (AvgIpc) is 2.39. The van der Waals surface area contributed by atoms with Gasteiger partial charge in [-0.1, -0.05) is 20.8 Å². The standard InChI is InChI=1S/C13H27NS/c1-11-9-13(2,3)10-12(11)14-7-5-6-8-15-4/h11-12,14H,5-10H2,1-4H3. The Labute approximate surface area is 99.8 Å². The first-order valence-corrected chi connectivity index (χ1v) is 7.67. The molecule has 0 radical (unpaired) electrons. The molecule has 1 nitrogen and oxygen atoms in total. The van der Waals surface area contributed by atoms with Crippen LogP contribution in [0.15, 0.2) is 0 Å². The Kier molecular flexibility index (Phi) is 5.48. The second kappa shape index (κ2) is 6.15. The molecule has 2 atom stereocenters. The van der Waals surface area contributed by atoms with E-state index in [1.165, 1.54) is 38.0 Å². The van der Waals surface area contributed by atoms with Crippen LogP contribution < -0.4 is 5.32 Å². The lowest BCUT2D eigenvalue weighted by molar-refractivity contribution is 0.362. The minimum atomic E-state index is 0.566. The van der Waals surface area contributed by atoms with Crippen LogP contribution in [0.5, 0.6) is 0 Å². The largest absolute Gasteiger partial charge is 0.314 e. The molecule has 1 N–H and O–H groups in total. The molecule has 0 heterocycles. The summed E-state index contributed by atoms with van der Waals surface area (Å²) in [5, 5.41) is 3.74. The van der Waals surface area contributed by atoms with Crippen LogP contribution in [0.1, 0.15) is 46.5 Å². The van der Waals surface area contributed by atoms with E-state index in [1.54, 1.807) is 0 Å². The van der Waals surface area contributed by atoms with E-state index in [-0.39, 0.29) is 0 Å². The lowest BCUT2D eigenvalue weighted by atomic mass is 9.91. The van der Waals surface area contributed by atoms with E-state index in [1.807, 2.05) is 11.8 Å². The van der Waals surface area contributed by atoms with Gasteiger partial charge < -0.3 is 5.32 Å². The Morgan fingerprint density at radius 2 is 2.00 bits per heavy atom. The predicted octanol–water partition coefficient (Wildman–Crippen LogP) is 3.54. The lowest BCUT2D eigenvalue weighted by Gasteiger charge is -2.18. The van der Waals surface area contributed by atoms with Crippen LogP contribution in [0.2, 0.25) is 0 Å². The van der Waals surface area contributed by atoms with E-state index < -0.39 is 0 Å². The molecule has 15 heavy (non-hydrogen) atoms. The van der Waals surface area contributed by atoms with Crippen LogP contribution in [0.4, 0.5) is 0 Å². The number of nitrogens with one attached hydrogen (secondary N) is 1. The SMILES string of the molecule is CSCCCCNC1CC(C)(C)CC1C. The minimum absolute atomic E-state index is 0.566. The first-order valence-electron chi connectivity index (χ1n) is 6.27. The number of hydrogen-bond donors (Lipinski definition) is 1. The monoisotopic (exact) mass is 229 g/mol. The quantitative estimate of drug-likeness (QED) is 0.699. The molecular weight excluding hydrogens is 202 g/mol. The van der Waals surface area contributed by atoms with Gasteiger partial charge in [-0.25, -0.2) is 0 Å². The molecule has 0 saturated heterocycles. The van der Waals surface area contributed by atoms with E-state index in [2.05, 4.69) is 32.3 Å². The number of hydrogen-bond acceptors (Lipinski definition) is 2. The van der Waals surface area contributed by atoms with Crippen molar-refractivity contribution in [1.82, 2.24) is 5.32 Å². The van der Waals surface area contributed by atoms with Crippen molar-refractivity contribution in [2.45, 2.75) is 52.5 Å². The molecule has 1 aliphatic rings. The summed E-state index contributed by atoms with van der Waals surface area (Å²) >= 11 is 1.96. The smallest absolute Gasteiger partial charge is 0.00979 e. The van der Waals surface area contributed by atoms with Gasteiger partial charge in [0.25, 0.3) is 0 Å². The normalized spacial score (nSPS) is 29.6. The van der Waals surface area contributed by atoms with Gasteiger partial charge in [0.1, 0.15) is 0 Å². The van der Waals surface area contributed by atoms with Crippen LogP contribution >= 0.6 is 11.8 Å². The number of unbranched alkanes of at least 4 members (excludes halogenated alkanes) is 1. The molecule has 1 rings (SSSR count). The van der Waals surface area contributed by atoms with E-state index in [9.17, 15) is 0 Å². The molecule has 0 aromatic heterocycles. The fraction of sp³-hybridized carbons (Fsp3) is 1.00. The van der Waals surface area contributed by atoms with Crippen LogP contribution in [0.25, 0.3) is 0 Å². The Morgan fingerprint density at radius 1 is 1.27 bits per heavy atom. The maximum absolute atomic E-state index is 3.74. The van der Waals surface area contributed by atoms with E-state index in [4.69, 9.17) is 0 Å². The van der Waals surface area contributed by atoms with Crippen LogP contribution in [0, 0.1) is 11.3 Å². The van der Waals surface area contributed by atoms with Crippen molar-refractivity contribution < 1.29 is 0 Å². The third-order valence-corrected chi connectivity index (χ3v) is 4.21. The molecule has 0 bridgehead atoms. The zero-order valence-electron chi connectivity index (χ0n) is 10.8. The molecule has 0 aromatic carbocycles. The molecule has 0 aromatic rings. The molecule has 0 spiro atoms. The molecule has 2 heteroatoms. The third-order valence-electron chi connectivity index (χ3n) is 3.52. The van der Waals surface area contributed by atoms with Crippen molar-refractivity contribution in [3.8, 4) is 0 Å². The topological polar surface area (TPSA) is 12.0 Å². The van der Waals surface area contributed by atoms with Gasteiger partial charge in [0.05, 0.1) is 0 Å². The summed E-state index contributed by atoms with van der Waals surface area (Å²) in [7, 11) is 0. The third kappa shape index (κ3) is 4.78. The van der Waals surface area contributed by atoms with E-state index >= 15 is 0 Å². The van der Waals surface area contributed by atoms with Crippen LogP contribution in [-0.2, 0) is 0 Å². The summed E-state index contributed by atoms with van der Waals surface area (Å²) in [5.74, 6) is 2.17. The fourth-order valence-corrected chi connectivity index (χ4v) is 3.32. The van der Waals surface area contributed by atoms with E-state index in [0.717, 1.165) is 12.0 Å². The van der Waals surface area contributed by atoms with Gasteiger partial charge in [-0.05, 0) is 55.6 Å². The second-order valence-electron chi connectivity index (χ2n) is 5.81. The van der Waals surface area contributed by atoms with Gasteiger partial charge in [0.2, 0.25) is 0 Å². The Balaban J connectivity index is 2.11. The number of thioether (sulfide) groups is 1. The van der Waals surface area contributed by atoms with Gasteiger partial charge in [0.15, 0.2) is 0 Å². The Morgan fingerprint density at radius 3 is 2.53 bits per heavy atom. The second-order valence-corrected chi connectivity index (χ2v) is 6.80. The summed E-state index contributed by atoms with van der Waals surface area (Å²) in [6, 6.07) is 0.772. The van der Waals surface area contributed by atoms with Gasteiger partial charge in [-0.15, -0.1) is 0 Å². The van der Waals surface area contributed by atoms with Crippen LogP contribution in [0.3, 0.4) is 0 Å². The van der Waals surface area contributed by atoms with Gasteiger partial charge in [-0.3, -0.25) is 0 Å². The minimum Gasteiger partial charge on any atom is -0.314 e.